The van der Waals surface area contributed by atoms with E-state index in [0.29, 0.717) is 23.0 Å². The smallest absolute Gasteiger partial charge is 0.494 e. The zero-order valence-electron chi connectivity index (χ0n) is 14.4. The van der Waals surface area contributed by atoms with Crippen molar-refractivity contribution in [3.05, 3.63) is 73.9 Å². The van der Waals surface area contributed by atoms with Gasteiger partial charge in [0.1, 0.15) is 0 Å². The lowest BCUT2D eigenvalue weighted by Gasteiger charge is -2.35. The Morgan fingerprint density at radius 3 is 0.957 bits per heavy atom. The van der Waals surface area contributed by atoms with Crippen LogP contribution in [0, 0.1) is 0 Å². The van der Waals surface area contributed by atoms with Gasteiger partial charge in [0.15, 0.2) is 0 Å². The highest BCUT2D eigenvalue weighted by Gasteiger charge is 2.57. The molecule has 23 heavy (non-hydrogen) atoms. The van der Waals surface area contributed by atoms with Gasteiger partial charge in [-0.3, -0.25) is 0 Å². The largest absolute Gasteiger partial charge is 0.655 e. The van der Waals surface area contributed by atoms with Crippen LogP contribution >= 0.6 is 0 Å². The number of hydrogen-bond donors (Lipinski definition) is 0. The topological polar surface area (TPSA) is 46.2 Å². The van der Waals surface area contributed by atoms with E-state index in [-0.39, 0.29) is 0 Å². The van der Waals surface area contributed by atoms with E-state index in [1.807, 2.05) is 0 Å². The maximum absolute atomic E-state index is 6.08. The van der Waals surface area contributed by atoms with E-state index in [1.54, 1.807) is 27.7 Å². The van der Waals surface area contributed by atoms with Crippen molar-refractivity contribution in [2.24, 2.45) is 0 Å². The van der Waals surface area contributed by atoms with E-state index in [4.69, 9.17) is 21.8 Å². The number of rotatable bonds is 12. The van der Waals surface area contributed by atoms with Gasteiger partial charge in [0.25, 0.3) is 0 Å². The predicted molar refractivity (Wildman–Crippen MR) is 96.6 cm³/mol. The Kier molecular flexibility index (Phi) is 7.87. The van der Waals surface area contributed by atoms with Crippen molar-refractivity contribution >= 4 is 17.6 Å². The molecule has 7 heteroatoms. The molecule has 0 radical (unpaired) electrons. The Bertz CT molecular complexity index is 447. The highest BCUT2D eigenvalue weighted by molar-refractivity contribution is 6.80. The van der Waals surface area contributed by atoms with Crippen LogP contribution in [0.4, 0.5) is 0 Å². The summed E-state index contributed by atoms with van der Waals surface area (Å²) in [7, 11) is -6.93. The van der Waals surface area contributed by atoms with Gasteiger partial charge in [-0.25, -0.2) is 0 Å². The quantitative estimate of drug-likeness (QED) is 0.380. The summed E-state index contributed by atoms with van der Waals surface area (Å²) >= 11 is 0. The molecule has 0 bridgehead atoms. The molecule has 0 heterocycles. The second-order valence-corrected chi connectivity index (χ2v) is 9.80. The molecule has 0 aromatic carbocycles. The number of allylic oxidation sites excluding steroid dienone is 4. The maximum atomic E-state index is 6.08. The van der Waals surface area contributed by atoms with Gasteiger partial charge in [-0.15, -0.1) is 0 Å². The van der Waals surface area contributed by atoms with Gasteiger partial charge < -0.3 is 21.8 Å². The fraction of sp³-hybridized carbons (Fsp3) is 0.250. The maximum Gasteiger partial charge on any atom is 0.655 e. The Hall–Kier alpha value is -1.97. The molecular formula is C16H26O5Si2. The Morgan fingerprint density at radius 2 is 0.826 bits per heavy atom. The third-order valence-corrected chi connectivity index (χ3v) is 7.86. The van der Waals surface area contributed by atoms with Crippen LogP contribution in [-0.4, -0.2) is 17.6 Å². The van der Waals surface area contributed by atoms with Crippen LogP contribution in [0.25, 0.3) is 0 Å². The highest BCUT2D eigenvalue weighted by Crippen LogP contribution is 2.27. The standard InChI is InChI=1S/C16H26O5Si2/c1-11-22(17-13(3)4,18-14(5)6)21-23(12-2,19-15(7)8)20-16(9)10/h11-12H,1-3,5,7,9H2,4,6,8,10H3. The highest BCUT2D eigenvalue weighted by atomic mass is 28.5. The molecule has 0 saturated heterocycles. The van der Waals surface area contributed by atoms with Crippen LogP contribution in [-0.2, 0) is 21.8 Å². The van der Waals surface area contributed by atoms with Gasteiger partial charge in [-0.05, 0) is 27.7 Å². The van der Waals surface area contributed by atoms with Crippen LogP contribution in [0.2, 0.25) is 0 Å². The van der Waals surface area contributed by atoms with E-state index in [1.165, 1.54) is 11.4 Å². The Morgan fingerprint density at radius 1 is 0.609 bits per heavy atom. The van der Waals surface area contributed by atoms with Gasteiger partial charge in [0.2, 0.25) is 0 Å². The molecule has 0 aliphatic heterocycles. The van der Waals surface area contributed by atoms with Crippen LogP contribution in [0.15, 0.2) is 73.9 Å². The van der Waals surface area contributed by atoms with Gasteiger partial charge in [-0.2, -0.15) is 0 Å². The summed E-state index contributed by atoms with van der Waals surface area (Å²) in [5.41, 5.74) is 2.90. The summed E-state index contributed by atoms with van der Waals surface area (Å²) < 4.78 is 28.9. The van der Waals surface area contributed by atoms with E-state index in [9.17, 15) is 0 Å². The molecule has 128 valence electrons. The fourth-order valence-electron chi connectivity index (χ4n) is 1.54. The predicted octanol–water partition coefficient (Wildman–Crippen LogP) is 4.53. The monoisotopic (exact) mass is 354 g/mol. The molecule has 0 saturated carbocycles. The molecular weight excluding hydrogens is 328 g/mol. The Labute approximate surface area is 141 Å². The first-order chi connectivity index (χ1) is 10.5. The third kappa shape index (κ3) is 7.22. The van der Waals surface area contributed by atoms with Crippen molar-refractivity contribution < 1.29 is 21.8 Å². The fourth-order valence-corrected chi connectivity index (χ4v) is 6.82. The summed E-state index contributed by atoms with van der Waals surface area (Å²) in [4.78, 5) is 0. The summed E-state index contributed by atoms with van der Waals surface area (Å²) in [6, 6.07) is 0. The molecule has 0 fully saturated rings. The molecule has 0 unspecified atom stereocenters. The first-order valence-electron chi connectivity index (χ1n) is 6.85. The second kappa shape index (κ2) is 8.61. The molecule has 5 nitrogen and oxygen atoms in total. The van der Waals surface area contributed by atoms with Gasteiger partial charge in [0, 0.05) is 11.4 Å². The lowest BCUT2D eigenvalue weighted by molar-refractivity contribution is 0.121. The van der Waals surface area contributed by atoms with E-state index < -0.39 is 17.6 Å². The first-order valence-corrected chi connectivity index (χ1v) is 10.5. The molecule has 0 amide bonds. The lowest BCUT2D eigenvalue weighted by atomic mass is 10.7. The summed E-state index contributed by atoms with van der Waals surface area (Å²) in [6.07, 6.45) is 0. The lowest BCUT2D eigenvalue weighted by Crippen LogP contribution is -2.56. The van der Waals surface area contributed by atoms with Gasteiger partial charge >= 0.3 is 17.6 Å². The van der Waals surface area contributed by atoms with Crippen LogP contribution in [0.1, 0.15) is 27.7 Å². The zero-order chi connectivity index (χ0) is 18.3. The average molecular weight is 355 g/mol. The summed E-state index contributed by atoms with van der Waals surface area (Å²) in [5.74, 6) is 1.59. The van der Waals surface area contributed by atoms with Crippen molar-refractivity contribution in [1.82, 2.24) is 0 Å². The van der Waals surface area contributed by atoms with E-state index in [0.717, 1.165) is 0 Å². The van der Waals surface area contributed by atoms with Gasteiger partial charge in [-0.1, -0.05) is 39.5 Å². The molecule has 0 spiro atoms. The summed E-state index contributed by atoms with van der Waals surface area (Å²) in [6.45, 7) is 29.1. The van der Waals surface area contributed by atoms with Crippen LogP contribution < -0.4 is 0 Å². The van der Waals surface area contributed by atoms with Crippen molar-refractivity contribution in [3.63, 3.8) is 0 Å². The van der Waals surface area contributed by atoms with Crippen molar-refractivity contribution in [2.75, 3.05) is 0 Å². The summed E-state index contributed by atoms with van der Waals surface area (Å²) in [5, 5.41) is 0. The minimum Gasteiger partial charge on any atom is -0.494 e. The van der Waals surface area contributed by atoms with Crippen molar-refractivity contribution in [3.8, 4) is 0 Å². The first kappa shape index (κ1) is 21.0. The third-order valence-electron chi connectivity index (χ3n) is 2.05. The normalized spacial score (nSPS) is 11.0. The van der Waals surface area contributed by atoms with Crippen LogP contribution in [0.5, 0.6) is 0 Å². The van der Waals surface area contributed by atoms with Crippen molar-refractivity contribution in [1.29, 1.82) is 0 Å². The second-order valence-electron chi connectivity index (χ2n) is 4.93. The average Bonchev–Trinajstić information content (AvgIpc) is 2.35. The SMILES string of the molecule is C=C[Si](OC(=C)C)(OC(=C)C)O[Si](C=C)(OC(=C)C)OC(=C)C. The number of hydrogen-bond acceptors (Lipinski definition) is 5. The molecule has 0 atom stereocenters. The molecule has 0 aliphatic carbocycles. The molecule has 0 aromatic heterocycles. The molecule has 0 aromatic rings. The Balaban J connectivity index is 5.89. The zero-order valence-corrected chi connectivity index (χ0v) is 16.4. The minimum absolute atomic E-state index is 0.399. The molecule has 0 aliphatic rings. The molecule has 0 rings (SSSR count). The molecule has 0 N–H and O–H groups in total. The van der Waals surface area contributed by atoms with E-state index >= 15 is 0 Å². The van der Waals surface area contributed by atoms with Gasteiger partial charge in [0.05, 0.1) is 23.0 Å². The van der Waals surface area contributed by atoms with E-state index in [2.05, 4.69) is 39.5 Å². The van der Waals surface area contributed by atoms with Crippen LogP contribution in [0.3, 0.4) is 0 Å². The van der Waals surface area contributed by atoms with Crippen molar-refractivity contribution in [2.45, 2.75) is 27.7 Å². The minimum atomic E-state index is -3.46.